The van der Waals surface area contributed by atoms with Crippen LogP contribution in [0.5, 0.6) is 5.75 Å². The Hall–Kier alpha value is -2.77. The first-order chi connectivity index (χ1) is 12.1. The van der Waals surface area contributed by atoms with E-state index in [1.807, 2.05) is 30.1 Å². The predicted molar refractivity (Wildman–Crippen MR) is 95.5 cm³/mol. The van der Waals surface area contributed by atoms with Gasteiger partial charge < -0.3 is 9.84 Å². The van der Waals surface area contributed by atoms with Crippen molar-refractivity contribution in [2.24, 2.45) is 0 Å². The summed E-state index contributed by atoms with van der Waals surface area (Å²) in [5, 5.41) is 14.9. The second-order valence-electron chi connectivity index (χ2n) is 5.75. The van der Waals surface area contributed by atoms with Crippen LogP contribution in [0.2, 0.25) is 0 Å². The molecule has 0 atom stereocenters. The Bertz CT molecular complexity index is 925. The number of methoxy groups -OCH3 is 1. The van der Waals surface area contributed by atoms with E-state index >= 15 is 0 Å². The van der Waals surface area contributed by atoms with E-state index in [1.54, 1.807) is 31.6 Å². The number of ether oxygens (including phenoxy) is 1. The van der Waals surface area contributed by atoms with Crippen LogP contribution in [0.3, 0.4) is 0 Å². The van der Waals surface area contributed by atoms with Gasteiger partial charge in [0.2, 0.25) is 0 Å². The summed E-state index contributed by atoms with van der Waals surface area (Å²) in [6, 6.07) is 9.05. The average molecular weight is 340 g/mol. The van der Waals surface area contributed by atoms with E-state index in [4.69, 9.17) is 9.84 Å². The smallest absolute Gasteiger partial charge is 0.275 e. The van der Waals surface area contributed by atoms with E-state index in [0.29, 0.717) is 30.0 Å². The first-order valence-electron chi connectivity index (χ1n) is 7.92. The van der Waals surface area contributed by atoms with E-state index in [9.17, 15) is 4.79 Å². The van der Waals surface area contributed by atoms with Gasteiger partial charge >= 0.3 is 0 Å². The molecule has 3 aromatic rings. The van der Waals surface area contributed by atoms with E-state index in [1.165, 1.54) is 4.68 Å². The van der Waals surface area contributed by atoms with Crippen LogP contribution in [0.1, 0.15) is 0 Å². The lowest BCUT2D eigenvalue weighted by molar-refractivity contribution is 0.185. The van der Waals surface area contributed by atoms with Crippen molar-refractivity contribution in [3.63, 3.8) is 0 Å². The van der Waals surface area contributed by atoms with Gasteiger partial charge in [0, 0.05) is 29.9 Å². The van der Waals surface area contributed by atoms with Crippen molar-refractivity contribution in [3.05, 3.63) is 53.1 Å². The molecule has 0 aliphatic rings. The van der Waals surface area contributed by atoms with Crippen LogP contribution in [0, 0.1) is 0 Å². The number of aliphatic hydroxyl groups excluding tert-OH is 1. The summed E-state index contributed by atoms with van der Waals surface area (Å²) in [5.41, 5.74) is 1.38. The zero-order valence-electron chi connectivity index (χ0n) is 14.2. The van der Waals surface area contributed by atoms with Crippen molar-refractivity contribution in [2.45, 2.75) is 6.67 Å². The molecule has 3 rings (SSSR count). The van der Waals surface area contributed by atoms with E-state index < -0.39 is 0 Å². The van der Waals surface area contributed by atoms with Crippen LogP contribution in [0.25, 0.3) is 22.0 Å². The fourth-order valence-corrected chi connectivity index (χ4v) is 2.68. The van der Waals surface area contributed by atoms with Gasteiger partial charge in [-0.3, -0.25) is 14.7 Å². The van der Waals surface area contributed by atoms with Crippen molar-refractivity contribution in [1.29, 1.82) is 0 Å². The molecule has 0 saturated carbocycles. The van der Waals surface area contributed by atoms with Crippen LogP contribution >= 0.6 is 0 Å². The number of hydrogen-bond acceptors (Lipinski definition) is 6. The number of nitrogens with zero attached hydrogens (tertiary/aromatic N) is 4. The van der Waals surface area contributed by atoms with Gasteiger partial charge in [-0.05, 0) is 37.4 Å². The highest BCUT2D eigenvalue weighted by molar-refractivity contribution is 5.94. The average Bonchev–Trinajstić information content (AvgIpc) is 2.64. The van der Waals surface area contributed by atoms with Gasteiger partial charge in [-0.1, -0.05) is 0 Å². The lowest BCUT2D eigenvalue weighted by Gasteiger charge is -2.18. The quantitative estimate of drug-likeness (QED) is 0.730. The Balaban J connectivity index is 2.23. The van der Waals surface area contributed by atoms with E-state index in [2.05, 4.69) is 10.1 Å². The Morgan fingerprint density at radius 2 is 1.96 bits per heavy atom. The van der Waals surface area contributed by atoms with Crippen molar-refractivity contribution >= 4 is 10.8 Å². The van der Waals surface area contributed by atoms with Crippen molar-refractivity contribution in [2.75, 3.05) is 27.3 Å². The highest BCUT2D eigenvalue weighted by Gasteiger charge is 2.14. The molecule has 0 spiro atoms. The third kappa shape index (κ3) is 3.52. The summed E-state index contributed by atoms with van der Waals surface area (Å²) in [4.78, 5) is 18.7. The van der Waals surface area contributed by atoms with Gasteiger partial charge in [0.25, 0.3) is 5.56 Å². The summed E-state index contributed by atoms with van der Waals surface area (Å²) in [7, 11) is 3.42. The number of hydrogen-bond donors (Lipinski definition) is 1. The second kappa shape index (κ2) is 7.42. The normalized spacial score (nSPS) is 11.2. The molecule has 7 heteroatoms. The summed E-state index contributed by atoms with van der Waals surface area (Å²) in [5.74, 6) is 0.666. The molecule has 0 aliphatic heterocycles. The predicted octanol–water partition coefficient (Wildman–Crippen LogP) is 1.35. The van der Waals surface area contributed by atoms with Gasteiger partial charge in [0.1, 0.15) is 5.75 Å². The molecule has 7 nitrogen and oxygen atoms in total. The number of fused-ring (bicyclic) bond motifs is 1. The third-order valence-electron chi connectivity index (χ3n) is 3.98. The number of likely N-dealkylation sites (N-methyl/N-ethyl adjacent to an activating group) is 1. The molecule has 1 N–H and O–H groups in total. The molecule has 0 unspecified atom stereocenters. The molecule has 25 heavy (non-hydrogen) atoms. The second-order valence-corrected chi connectivity index (χ2v) is 5.75. The summed E-state index contributed by atoms with van der Waals surface area (Å²) in [6.45, 7) is 0.770. The van der Waals surface area contributed by atoms with Crippen LogP contribution in [-0.2, 0) is 6.67 Å². The highest BCUT2D eigenvalue weighted by Crippen LogP contribution is 2.27. The maximum Gasteiger partial charge on any atom is 0.275 e. The third-order valence-corrected chi connectivity index (χ3v) is 3.98. The van der Waals surface area contributed by atoms with Gasteiger partial charge in [-0.15, -0.1) is 0 Å². The van der Waals surface area contributed by atoms with Crippen molar-refractivity contribution < 1.29 is 9.84 Å². The number of rotatable bonds is 6. The highest BCUT2D eigenvalue weighted by atomic mass is 16.5. The molecule has 130 valence electrons. The molecule has 0 aliphatic carbocycles. The van der Waals surface area contributed by atoms with Crippen molar-refractivity contribution in [1.82, 2.24) is 19.7 Å². The fraction of sp³-hybridized carbons (Fsp3) is 0.278. The molecule has 1 aromatic carbocycles. The van der Waals surface area contributed by atoms with E-state index in [0.717, 1.165) is 10.9 Å². The largest absolute Gasteiger partial charge is 0.497 e. The van der Waals surface area contributed by atoms with Crippen LogP contribution in [-0.4, -0.2) is 52.1 Å². The first kappa shape index (κ1) is 17.1. The molecular formula is C18H20N4O3. The van der Waals surface area contributed by atoms with Crippen LogP contribution in [0.4, 0.5) is 0 Å². The standard InChI is InChI=1S/C18H20N4O3/c1-21(9-10-23)12-22-18(24)15-4-3-14(25-2)11-16(15)17(20-22)13-5-7-19-8-6-13/h3-8,11,23H,9-10,12H2,1-2H3. The monoisotopic (exact) mass is 340 g/mol. The van der Waals surface area contributed by atoms with Crippen molar-refractivity contribution in [3.8, 4) is 17.0 Å². The maximum absolute atomic E-state index is 12.8. The Morgan fingerprint density at radius 1 is 1.20 bits per heavy atom. The number of benzene rings is 1. The molecule has 0 bridgehead atoms. The van der Waals surface area contributed by atoms with Gasteiger partial charge in [0.05, 0.1) is 31.5 Å². The number of pyridine rings is 1. The minimum Gasteiger partial charge on any atom is -0.497 e. The van der Waals surface area contributed by atoms with Gasteiger partial charge in [-0.2, -0.15) is 5.10 Å². The number of aromatic nitrogens is 3. The SMILES string of the molecule is COc1ccc2c(=O)n(CN(C)CCO)nc(-c3ccncc3)c2c1. The molecule has 0 radical (unpaired) electrons. The summed E-state index contributed by atoms with van der Waals surface area (Å²) < 4.78 is 6.71. The zero-order valence-corrected chi connectivity index (χ0v) is 14.2. The molecule has 2 aromatic heterocycles. The Labute approximate surface area is 145 Å². The summed E-state index contributed by atoms with van der Waals surface area (Å²) in [6.07, 6.45) is 3.38. The fourth-order valence-electron chi connectivity index (χ4n) is 2.68. The lowest BCUT2D eigenvalue weighted by Crippen LogP contribution is -2.33. The Morgan fingerprint density at radius 3 is 2.64 bits per heavy atom. The van der Waals surface area contributed by atoms with Crippen LogP contribution < -0.4 is 10.3 Å². The first-order valence-corrected chi connectivity index (χ1v) is 7.92. The van der Waals surface area contributed by atoms with Crippen LogP contribution in [0.15, 0.2) is 47.5 Å². The van der Waals surface area contributed by atoms with Gasteiger partial charge in [-0.25, -0.2) is 4.68 Å². The lowest BCUT2D eigenvalue weighted by atomic mass is 10.1. The minimum absolute atomic E-state index is 0.0211. The molecule has 0 fully saturated rings. The maximum atomic E-state index is 12.8. The Kier molecular flexibility index (Phi) is 5.06. The molecule has 2 heterocycles. The summed E-state index contributed by atoms with van der Waals surface area (Å²) >= 11 is 0. The molecule has 0 saturated heterocycles. The van der Waals surface area contributed by atoms with Gasteiger partial charge in [0.15, 0.2) is 0 Å². The topological polar surface area (TPSA) is 80.5 Å². The molecule has 0 amide bonds. The zero-order chi connectivity index (χ0) is 17.8. The number of aliphatic hydroxyl groups is 1. The minimum atomic E-state index is -0.180. The molecular weight excluding hydrogens is 320 g/mol. The van der Waals surface area contributed by atoms with E-state index in [-0.39, 0.29) is 12.2 Å².